The molecule has 2 aliphatic heterocycles. The minimum absolute atomic E-state index is 1.01. The molecular weight excluding hydrogens is 222 g/mol. The molecule has 0 unspecified atom stereocenters. The first-order valence-corrected chi connectivity index (χ1v) is 8.04. The molecule has 0 atom stereocenters. The summed E-state index contributed by atoms with van der Waals surface area (Å²) in [7, 11) is 0. The summed E-state index contributed by atoms with van der Waals surface area (Å²) < 4.78 is 0. The molecule has 108 valence electrons. The number of nitrogens with one attached hydrogen (secondary N) is 1. The Morgan fingerprint density at radius 1 is 0.889 bits per heavy atom. The molecule has 1 N–H and O–H groups in total. The average molecular weight is 255 g/mol. The first-order chi connectivity index (χ1) is 8.88. The van der Waals surface area contributed by atoms with Gasteiger partial charge in [0.15, 0.2) is 0 Å². The molecular formula is C15H33N3. The standard InChI is InChI=1S/C13H27N3.C2H6/c1-2-13-3-7-15(8-4-13)11-12-16-9-5-14-6-10-16;1-2/h13-14H,2-12H2,1H3;1-2H3. The van der Waals surface area contributed by atoms with Gasteiger partial charge in [0.05, 0.1) is 0 Å². The first-order valence-electron chi connectivity index (χ1n) is 8.04. The van der Waals surface area contributed by atoms with Crippen LogP contribution in [0.25, 0.3) is 0 Å². The van der Waals surface area contributed by atoms with Crippen LogP contribution in [-0.2, 0) is 0 Å². The molecule has 18 heavy (non-hydrogen) atoms. The zero-order chi connectivity index (χ0) is 13.2. The fourth-order valence-electron chi connectivity index (χ4n) is 2.84. The van der Waals surface area contributed by atoms with Crippen molar-refractivity contribution in [1.82, 2.24) is 15.1 Å². The van der Waals surface area contributed by atoms with E-state index in [1.54, 1.807) is 0 Å². The van der Waals surface area contributed by atoms with Gasteiger partial charge in [-0.25, -0.2) is 0 Å². The Hall–Kier alpha value is -0.120. The second kappa shape index (κ2) is 9.76. The van der Waals surface area contributed by atoms with Gasteiger partial charge in [-0.15, -0.1) is 0 Å². The Balaban J connectivity index is 0.000000771. The van der Waals surface area contributed by atoms with Gasteiger partial charge in [-0.3, -0.25) is 4.90 Å². The predicted octanol–water partition coefficient (Wildman–Crippen LogP) is 2.04. The lowest BCUT2D eigenvalue weighted by Gasteiger charge is -2.34. The second-order valence-electron chi connectivity index (χ2n) is 5.28. The van der Waals surface area contributed by atoms with Crippen molar-refractivity contribution in [3.63, 3.8) is 0 Å². The Bertz CT molecular complexity index is 182. The summed E-state index contributed by atoms with van der Waals surface area (Å²) in [4.78, 5) is 5.26. The fourth-order valence-corrected chi connectivity index (χ4v) is 2.84. The number of rotatable bonds is 4. The highest BCUT2D eigenvalue weighted by Gasteiger charge is 2.18. The SMILES string of the molecule is CC.CCC1CCN(CCN2CCNCC2)CC1. The van der Waals surface area contributed by atoms with Gasteiger partial charge in [0.1, 0.15) is 0 Å². The van der Waals surface area contributed by atoms with E-state index in [0.29, 0.717) is 0 Å². The fraction of sp³-hybridized carbons (Fsp3) is 1.00. The van der Waals surface area contributed by atoms with Gasteiger partial charge in [0, 0.05) is 39.3 Å². The summed E-state index contributed by atoms with van der Waals surface area (Å²) in [5.74, 6) is 1.01. The number of piperidine rings is 1. The van der Waals surface area contributed by atoms with Crippen LogP contribution in [-0.4, -0.2) is 62.2 Å². The maximum absolute atomic E-state index is 3.41. The van der Waals surface area contributed by atoms with Crippen molar-refractivity contribution in [3.05, 3.63) is 0 Å². The summed E-state index contributed by atoms with van der Waals surface area (Å²) in [5.41, 5.74) is 0. The van der Waals surface area contributed by atoms with Crippen LogP contribution >= 0.6 is 0 Å². The van der Waals surface area contributed by atoms with Crippen LogP contribution in [0.2, 0.25) is 0 Å². The number of nitrogens with zero attached hydrogens (tertiary/aromatic N) is 2. The number of hydrogen-bond acceptors (Lipinski definition) is 3. The van der Waals surface area contributed by atoms with Crippen LogP contribution in [0.3, 0.4) is 0 Å². The molecule has 2 fully saturated rings. The first kappa shape index (κ1) is 15.9. The van der Waals surface area contributed by atoms with Crippen LogP contribution in [0.15, 0.2) is 0 Å². The van der Waals surface area contributed by atoms with Gasteiger partial charge in [-0.1, -0.05) is 27.2 Å². The summed E-state index contributed by atoms with van der Waals surface area (Å²) in [6, 6.07) is 0. The number of piperazine rings is 1. The molecule has 0 aliphatic carbocycles. The van der Waals surface area contributed by atoms with E-state index >= 15 is 0 Å². The molecule has 0 bridgehead atoms. The molecule has 3 heteroatoms. The molecule has 2 saturated heterocycles. The Kier molecular flexibility index (Phi) is 8.64. The quantitative estimate of drug-likeness (QED) is 0.829. The molecule has 0 saturated carbocycles. The van der Waals surface area contributed by atoms with Crippen LogP contribution < -0.4 is 5.32 Å². The highest BCUT2D eigenvalue weighted by Crippen LogP contribution is 2.19. The third-order valence-corrected chi connectivity index (χ3v) is 4.23. The van der Waals surface area contributed by atoms with E-state index in [4.69, 9.17) is 0 Å². The molecule has 0 radical (unpaired) electrons. The summed E-state index contributed by atoms with van der Waals surface area (Å²) in [6.45, 7) is 16.4. The molecule has 0 amide bonds. The topological polar surface area (TPSA) is 18.5 Å². The average Bonchev–Trinajstić information content (AvgIpc) is 2.49. The van der Waals surface area contributed by atoms with Crippen molar-refractivity contribution in [2.45, 2.75) is 40.0 Å². The van der Waals surface area contributed by atoms with Crippen molar-refractivity contribution in [2.24, 2.45) is 5.92 Å². The summed E-state index contributed by atoms with van der Waals surface area (Å²) in [5, 5.41) is 3.41. The van der Waals surface area contributed by atoms with Gasteiger partial charge in [0.2, 0.25) is 0 Å². The van der Waals surface area contributed by atoms with E-state index in [-0.39, 0.29) is 0 Å². The van der Waals surface area contributed by atoms with Gasteiger partial charge in [0.25, 0.3) is 0 Å². The van der Waals surface area contributed by atoms with E-state index < -0.39 is 0 Å². The number of likely N-dealkylation sites (tertiary alicyclic amines) is 1. The van der Waals surface area contributed by atoms with Crippen molar-refractivity contribution in [3.8, 4) is 0 Å². The van der Waals surface area contributed by atoms with Gasteiger partial charge >= 0.3 is 0 Å². The Morgan fingerprint density at radius 2 is 1.39 bits per heavy atom. The smallest absolute Gasteiger partial charge is 0.0110 e. The molecule has 2 aliphatic rings. The van der Waals surface area contributed by atoms with E-state index in [0.717, 1.165) is 5.92 Å². The molecule has 0 spiro atoms. The lowest BCUT2D eigenvalue weighted by molar-refractivity contribution is 0.148. The normalized spacial score (nSPS) is 23.5. The molecule has 3 nitrogen and oxygen atoms in total. The summed E-state index contributed by atoms with van der Waals surface area (Å²) in [6.07, 6.45) is 4.24. The largest absolute Gasteiger partial charge is 0.314 e. The predicted molar refractivity (Wildman–Crippen MR) is 80.1 cm³/mol. The van der Waals surface area contributed by atoms with E-state index in [1.165, 1.54) is 71.6 Å². The molecule has 2 rings (SSSR count). The van der Waals surface area contributed by atoms with Crippen LogP contribution in [0.5, 0.6) is 0 Å². The van der Waals surface area contributed by atoms with Gasteiger partial charge in [-0.05, 0) is 31.8 Å². The van der Waals surface area contributed by atoms with Crippen molar-refractivity contribution in [2.75, 3.05) is 52.4 Å². The van der Waals surface area contributed by atoms with E-state index in [2.05, 4.69) is 22.0 Å². The minimum atomic E-state index is 1.01. The van der Waals surface area contributed by atoms with Crippen LogP contribution in [0.1, 0.15) is 40.0 Å². The zero-order valence-electron chi connectivity index (χ0n) is 12.7. The highest BCUT2D eigenvalue weighted by molar-refractivity contribution is 4.74. The van der Waals surface area contributed by atoms with Crippen LogP contribution in [0.4, 0.5) is 0 Å². The third kappa shape index (κ3) is 5.68. The lowest BCUT2D eigenvalue weighted by Crippen LogP contribution is -2.47. The second-order valence-corrected chi connectivity index (χ2v) is 5.28. The monoisotopic (exact) mass is 255 g/mol. The van der Waals surface area contributed by atoms with E-state index in [1.807, 2.05) is 13.8 Å². The molecule has 0 aromatic rings. The molecule has 0 aromatic heterocycles. The van der Waals surface area contributed by atoms with Gasteiger partial charge < -0.3 is 10.2 Å². The maximum Gasteiger partial charge on any atom is 0.0110 e. The molecule has 2 heterocycles. The molecule has 0 aromatic carbocycles. The lowest BCUT2D eigenvalue weighted by atomic mass is 9.94. The van der Waals surface area contributed by atoms with Crippen molar-refractivity contribution < 1.29 is 0 Å². The maximum atomic E-state index is 3.41. The van der Waals surface area contributed by atoms with Crippen molar-refractivity contribution in [1.29, 1.82) is 0 Å². The van der Waals surface area contributed by atoms with Crippen molar-refractivity contribution >= 4 is 0 Å². The summed E-state index contributed by atoms with van der Waals surface area (Å²) >= 11 is 0. The number of hydrogen-bond donors (Lipinski definition) is 1. The van der Waals surface area contributed by atoms with Crippen LogP contribution in [0, 0.1) is 5.92 Å². The zero-order valence-corrected chi connectivity index (χ0v) is 12.7. The highest BCUT2D eigenvalue weighted by atomic mass is 15.2. The Labute approximate surface area is 114 Å². The Morgan fingerprint density at radius 3 is 1.89 bits per heavy atom. The minimum Gasteiger partial charge on any atom is -0.314 e. The van der Waals surface area contributed by atoms with Gasteiger partial charge in [-0.2, -0.15) is 0 Å². The third-order valence-electron chi connectivity index (χ3n) is 4.23. The van der Waals surface area contributed by atoms with E-state index in [9.17, 15) is 0 Å².